The Bertz CT molecular complexity index is 1190. The number of hydrogen-bond donors (Lipinski definition) is 0. The lowest BCUT2D eigenvalue weighted by Gasteiger charge is -2.33. The van der Waals surface area contributed by atoms with Crippen molar-refractivity contribution in [3.8, 4) is 5.69 Å². The minimum atomic E-state index is -0.519. The zero-order chi connectivity index (χ0) is 24.5. The molecule has 0 spiro atoms. The van der Waals surface area contributed by atoms with E-state index in [9.17, 15) is 9.59 Å². The average Bonchev–Trinajstić information content (AvgIpc) is 3.18. The van der Waals surface area contributed by atoms with Gasteiger partial charge in [0.25, 0.3) is 0 Å². The molecule has 34 heavy (non-hydrogen) atoms. The van der Waals surface area contributed by atoms with Crippen molar-refractivity contribution in [2.75, 3.05) is 19.7 Å². The standard InChI is InChI=1S/C25H29BrN4O4/c1-5-33-23(31)22-21-20(28-30(22)18-8-6-17(26)7-9-18)19(10-13-27-21)16-11-14-29(15-12-16)24(32)34-25(2,3)4/h6-10,13,16H,5,11-12,14-15H2,1-4H3. The lowest BCUT2D eigenvalue weighted by Crippen LogP contribution is -2.41. The highest BCUT2D eigenvalue weighted by Gasteiger charge is 2.30. The summed E-state index contributed by atoms with van der Waals surface area (Å²) >= 11 is 3.45. The fraction of sp³-hybridized carbons (Fsp3) is 0.440. The van der Waals surface area contributed by atoms with E-state index >= 15 is 0 Å². The number of carbonyl (C=O) groups excluding carboxylic acids is 2. The molecular weight excluding hydrogens is 500 g/mol. The fourth-order valence-electron chi connectivity index (χ4n) is 4.18. The Kier molecular flexibility index (Phi) is 6.93. The summed E-state index contributed by atoms with van der Waals surface area (Å²) in [4.78, 5) is 31.6. The number of fused-ring (bicyclic) bond motifs is 1. The summed E-state index contributed by atoms with van der Waals surface area (Å²) in [5.74, 6) is -0.273. The smallest absolute Gasteiger partial charge is 0.410 e. The van der Waals surface area contributed by atoms with E-state index in [-0.39, 0.29) is 18.6 Å². The van der Waals surface area contributed by atoms with Crippen LogP contribution >= 0.6 is 15.9 Å². The number of aromatic nitrogens is 3. The number of rotatable bonds is 4. The van der Waals surface area contributed by atoms with Crippen LogP contribution in [0.25, 0.3) is 16.7 Å². The number of hydrogen-bond acceptors (Lipinski definition) is 6. The van der Waals surface area contributed by atoms with Crippen molar-refractivity contribution in [2.24, 2.45) is 0 Å². The largest absolute Gasteiger partial charge is 0.461 e. The molecule has 8 nitrogen and oxygen atoms in total. The van der Waals surface area contributed by atoms with E-state index in [1.54, 1.807) is 22.7 Å². The van der Waals surface area contributed by atoms with Crippen LogP contribution < -0.4 is 0 Å². The molecule has 2 aromatic heterocycles. The summed E-state index contributed by atoms with van der Waals surface area (Å²) in [5, 5.41) is 4.83. The number of benzene rings is 1. The Labute approximate surface area is 207 Å². The number of halogens is 1. The predicted molar refractivity (Wildman–Crippen MR) is 132 cm³/mol. The highest BCUT2D eigenvalue weighted by Crippen LogP contribution is 2.34. The molecule has 0 atom stereocenters. The van der Waals surface area contributed by atoms with Gasteiger partial charge in [0.15, 0.2) is 5.69 Å². The predicted octanol–water partition coefficient (Wildman–Crippen LogP) is 5.47. The van der Waals surface area contributed by atoms with Gasteiger partial charge < -0.3 is 14.4 Å². The summed E-state index contributed by atoms with van der Waals surface area (Å²) in [7, 11) is 0. The number of ether oxygens (including phenoxy) is 2. The molecule has 180 valence electrons. The van der Waals surface area contributed by atoms with Gasteiger partial charge in [-0.25, -0.2) is 14.3 Å². The Balaban J connectivity index is 1.67. The first-order valence-corrected chi connectivity index (χ1v) is 12.3. The lowest BCUT2D eigenvalue weighted by atomic mass is 9.89. The quantitative estimate of drug-likeness (QED) is 0.417. The van der Waals surface area contributed by atoms with Crippen molar-refractivity contribution in [2.45, 2.75) is 52.1 Å². The van der Waals surface area contributed by atoms with Gasteiger partial charge >= 0.3 is 12.1 Å². The van der Waals surface area contributed by atoms with Gasteiger partial charge in [0.05, 0.1) is 12.3 Å². The molecule has 0 bridgehead atoms. The van der Waals surface area contributed by atoms with Gasteiger partial charge in [-0.15, -0.1) is 0 Å². The lowest BCUT2D eigenvalue weighted by molar-refractivity contribution is 0.0205. The molecule has 1 aromatic carbocycles. The number of amides is 1. The van der Waals surface area contributed by atoms with E-state index in [1.807, 2.05) is 51.1 Å². The van der Waals surface area contributed by atoms with Crippen molar-refractivity contribution >= 4 is 39.0 Å². The molecule has 0 aliphatic carbocycles. The second kappa shape index (κ2) is 9.74. The van der Waals surface area contributed by atoms with Gasteiger partial charge in [0, 0.05) is 23.8 Å². The number of esters is 1. The molecular formula is C25H29BrN4O4. The van der Waals surface area contributed by atoms with Crippen LogP contribution in [0.15, 0.2) is 41.0 Å². The monoisotopic (exact) mass is 528 g/mol. The molecule has 3 aromatic rings. The number of nitrogens with zero attached hydrogens (tertiary/aromatic N) is 4. The van der Waals surface area contributed by atoms with Gasteiger partial charge in [-0.1, -0.05) is 15.9 Å². The van der Waals surface area contributed by atoms with Crippen molar-refractivity contribution in [3.05, 3.63) is 52.3 Å². The molecule has 1 amide bonds. The van der Waals surface area contributed by atoms with Crippen molar-refractivity contribution < 1.29 is 19.1 Å². The Morgan fingerprint density at radius 2 is 1.76 bits per heavy atom. The number of carbonyl (C=O) groups is 2. The van der Waals surface area contributed by atoms with Gasteiger partial charge in [-0.2, -0.15) is 5.10 Å². The van der Waals surface area contributed by atoms with E-state index in [0.717, 1.165) is 28.6 Å². The third-order valence-electron chi connectivity index (χ3n) is 5.72. The normalized spacial score (nSPS) is 14.9. The Morgan fingerprint density at radius 3 is 2.38 bits per heavy atom. The molecule has 3 heterocycles. The Morgan fingerprint density at radius 1 is 1.09 bits per heavy atom. The first-order valence-electron chi connectivity index (χ1n) is 11.5. The second-order valence-electron chi connectivity index (χ2n) is 9.30. The molecule has 0 saturated carbocycles. The van der Waals surface area contributed by atoms with Crippen molar-refractivity contribution in [1.29, 1.82) is 0 Å². The molecule has 9 heteroatoms. The molecule has 1 aliphatic rings. The SMILES string of the molecule is CCOC(=O)c1c2nccc(C3CCN(C(=O)OC(C)(C)C)CC3)c2nn1-c1ccc(Br)cc1. The third-order valence-corrected chi connectivity index (χ3v) is 6.25. The molecule has 0 N–H and O–H groups in total. The maximum Gasteiger partial charge on any atom is 0.410 e. The van der Waals surface area contributed by atoms with Gasteiger partial charge in [0.1, 0.15) is 16.6 Å². The number of likely N-dealkylation sites (tertiary alicyclic amines) is 1. The number of piperidine rings is 1. The fourth-order valence-corrected chi connectivity index (χ4v) is 4.44. The molecule has 0 unspecified atom stereocenters. The van der Waals surface area contributed by atoms with Crippen LogP contribution in [0.2, 0.25) is 0 Å². The maximum absolute atomic E-state index is 12.9. The van der Waals surface area contributed by atoms with Crippen LogP contribution in [-0.4, -0.2) is 57.0 Å². The van der Waals surface area contributed by atoms with Crippen LogP contribution in [0.1, 0.15) is 62.5 Å². The van der Waals surface area contributed by atoms with Crippen molar-refractivity contribution in [3.63, 3.8) is 0 Å². The first kappa shape index (κ1) is 24.2. The summed E-state index contributed by atoms with van der Waals surface area (Å²) in [6.07, 6.45) is 2.99. The van der Waals surface area contributed by atoms with Gasteiger partial charge in [-0.05, 0) is 82.3 Å². The van der Waals surface area contributed by atoms with Crippen molar-refractivity contribution in [1.82, 2.24) is 19.7 Å². The summed E-state index contributed by atoms with van der Waals surface area (Å²) in [6, 6.07) is 9.54. The van der Waals surface area contributed by atoms with Crippen LogP contribution in [0, 0.1) is 0 Å². The summed E-state index contributed by atoms with van der Waals surface area (Å²) < 4.78 is 13.4. The van der Waals surface area contributed by atoms with E-state index < -0.39 is 11.6 Å². The Hall–Kier alpha value is -2.94. The maximum atomic E-state index is 12.9. The third kappa shape index (κ3) is 5.09. The van der Waals surface area contributed by atoms with Crippen LogP contribution in [0.5, 0.6) is 0 Å². The zero-order valence-electron chi connectivity index (χ0n) is 19.9. The highest BCUT2D eigenvalue weighted by atomic mass is 79.9. The van der Waals surface area contributed by atoms with E-state index in [4.69, 9.17) is 14.6 Å². The highest BCUT2D eigenvalue weighted by molar-refractivity contribution is 9.10. The van der Waals surface area contributed by atoms with Crippen LogP contribution in [0.3, 0.4) is 0 Å². The topological polar surface area (TPSA) is 86.6 Å². The van der Waals surface area contributed by atoms with Gasteiger partial charge in [-0.3, -0.25) is 4.98 Å². The number of pyridine rings is 1. The van der Waals surface area contributed by atoms with E-state index in [1.165, 1.54) is 0 Å². The minimum absolute atomic E-state index is 0.188. The minimum Gasteiger partial charge on any atom is -0.461 e. The first-order chi connectivity index (χ1) is 16.2. The van der Waals surface area contributed by atoms with Gasteiger partial charge in [0.2, 0.25) is 0 Å². The molecule has 1 fully saturated rings. The van der Waals surface area contributed by atoms with Crippen LogP contribution in [0.4, 0.5) is 4.79 Å². The van der Waals surface area contributed by atoms with E-state index in [2.05, 4.69) is 20.9 Å². The molecule has 0 radical (unpaired) electrons. The van der Waals surface area contributed by atoms with Crippen LogP contribution in [-0.2, 0) is 9.47 Å². The zero-order valence-corrected chi connectivity index (χ0v) is 21.5. The summed E-state index contributed by atoms with van der Waals surface area (Å²) in [5.41, 5.74) is 2.77. The molecule has 1 aliphatic heterocycles. The molecule has 4 rings (SSSR count). The summed E-state index contributed by atoms with van der Waals surface area (Å²) in [6.45, 7) is 8.84. The average molecular weight is 529 g/mol. The van der Waals surface area contributed by atoms with E-state index in [0.29, 0.717) is 29.8 Å². The second-order valence-corrected chi connectivity index (χ2v) is 10.2. The molecule has 1 saturated heterocycles.